The molecule has 0 amide bonds. The lowest BCUT2D eigenvalue weighted by Gasteiger charge is -2.26. The predicted octanol–water partition coefficient (Wildman–Crippen LogP) is 5.01. The molecule has 0 fully saturated rings. The van der Waals surface area contributed by atoms with Crippen molar-refractivity contribution in [2.45, 2.75) is 89.9 Å². The number of hydrogen-bond acceptors (Lipinski definition) is 5. The van der Waals surface area contributed by atoms with E-state index in [0.717, 1.165) is 12.8 Å². The smallest absolute Gasteiger partial charge is 0.344 e. The van der Waals surface area contributed by atoms with E-state index < -0.39 is 11.6 Å². The number of esters is 1. The van der Waals surface area contributed by atoms with Gasteiger partial charge in [-0.05, 0) is 34.1 Å². The van der Waals surface area contributed by atoms with Crippen LogP contribution in [0.4, 0.5) is 0 Å². The minimum atomic E-state index is -0.531. The van der Waals surface area contributed by atoms with E-state index in [-0.39, 0.29) is 16.5 Å². The Kier molecular flexibility index (Phi) is 8.34. The van der Waals surface area contributed by atoms with Gasteiger partial charge in [0.15, 0.2) is 6.61 Å². The summed E-state index contributed by atoms with van der Waals surface area (Å²) in [6.45, 7) is 9.55. The Balaban J connectivity index is 2.44. The van der Waals surface area contributed by atoms with Crippen molar-refractivity contribution in [2.24, 2.45) is 0 Å². The monoisotopic (exact) mass is 356 g/mol. The Bertz CT molecular complexity index is 464. The fourth-order valence-corrected chi connectivity index (χ4v) is 3.76. The van der Waals surface area contributed by atoms with Gasteiger partial charge in [0.1, 0.15) is 11.4 Å². The lowest BCUT2D eigenvalue weighted by atomic mass is 9.99. The van der Waals surface area contributed by atoms with Crippen LogP contribution < -0.4 is 0 Å². The Hall–Kier alpha value is -0.970. The van der Waals surface area contributed by atoms with Gasteiger partial charge in [-0.15, -0.1) is 0 Å². The molecule has 1 rings (SSSR count). The van der Waals surface area contributed by atoms with E-state index >= 15 is 0 Å². The summed E-state index contributed by atoms with van der Waals surface area (Å²) in [7, 11) is 0. The van der Waals surface area contributed by atoms with Crippen LogP contribution in [0.25, 0.3) is 0 Å². The Labute approximate surface area is 150 Å². The first-order valence-electron chi connectivity index (χ1n) is 8.96. The second-order valence-electron chi connectivity index (χ2n) is 7.55. The van der Waals surface area contributed by atoms with Gasteiger partial charge < -0.3 is 9.47 Å². The Morgan fingerprint density at radius 2 is 1.79 bits per heavy atom. The predicted molar refractivity (Wildman–Crippen MR) is 98.9 cm³/mol. The van der Waals surface area contributed by atoms with Crippen LogP contribution in [0.2, 0.25) is 0 Å². The van der Waals surface area contributed by atoms with Crippen molar-refractivity contribution >= 4 is 22.8 Å². The molecule has 138 valence electrons. The van der Waals surface area contributed by atoms with Crippen molar-refractivity contribution in [1.82, 2.24) is 0 Å². The molecule has 1 unspecified atom stereocenters. The van der Waals surface area contributed by atoms with Crippen molar-refractivity contribution in [1.29, 1.82) is 0 Å². The van der Waals surface area contributed by atoms with Gasteiger partial charge in [-0.3, -0.25) is 4.79 Å². The summed E-state index contributed by atoms with van der Waals surface area (Å²) in [6.07, 6.45) is 9.68. The minimum Gasteiger partial charge on any atom is -0.485 e. The minimum absolute atomic E-state index is 0.00247. The number of ether oxygens (including phenoxy) is 2. The van der Waals surface area contributed by atoms with Gasteiger partial charge in [-0.1, -0.05) is 57.2 Å². The maximum Gasteiger partial charge on any atom is 0.344 e. The molecular weight excluding hydrogens is 324 g/mol. The highest BCUT2D eigenvalue weighted by Gasteiger charge is 2.39. The quantitative estimate of drug-likeness (QED) is 0.407. The van der Waals surface area contributed by atoms with Crippen LogP contribution in [0.3, 0.4) is 0 Å². The average molecular weight is 357 g/mol. The zero-order chi connectivity index (χ0) is 18.2. The van der Waals surface area contributed by atoms with Gasteiger partial charge in [0.05, 0.1) is 4.75 Å². The third kappa shape index (κ3) is 7.73. The summed E-state index contributed by atoms with van der Waals surface area (Å²) in [4.78, 5) is 23.6. The molecular formula is C19H32O4S. The van der Waals surface area contributed by atoms with Gasteiger partial charge in [-0.2, -0.15) is 0 Å². The maximum atomic E-state index is 11.8. The molecule has 1 aliphatic heterocycles. The molecule has 0 N–H and O–H groups in total. The molecule has 0 bridgehead atoms. The molecule has 24 heavy (non-hydrogen) atoms. The molecule has 0 saturated carbocycles. The standard InChI is InChI=1S/C19H32O4S/c1-6-7-8-9-10-11-12-19(5)15(13-17(21)24-19)22-14-16(20)23-18(2,3)4/h13H,6-12,14H2,1-5H3. The first-order chi connectivity index (χ1) is 11.2. The Morgan fingerprint density at radius 1 is 1.17 bits per heavy atom. The normalized spacial score (nSPS) is 20.9. The van der Waals surface area contributed by atoms with Gasteiger partial charge in [0, 0.05) is 6.08 Å². The summed E-state index contributed by atoms with van der Waals surface area (Å²) in [5.74, 6) is 0.201. The fourth-order valence-electron chi connectivity index (χ4n) is 2.68. The van der Waals surface area contributed by atoms with Crippen molar-refractivity contribution in [3.8, 4) is 0 Å². The van der Waals surface area contributed by atoms with Crippen LogP contribution in [0.1, 0.15) is 79.6 Å². The van der Waals surface area contributed by atoms with E-state index in [4.69, 9.17) is 9.47 Å². The molecule has 0 saturated heterocycles. The summed E-state index contributed by atoms with van der Waals surface area (Å²) in [6, 6.07) is 0. The third-order valence-electron chi connectivity index (χ3n) is 3.87. The fraction of sp³-hybridized carbons (Fsp3) is 0.789. The molecule has 0 aromatic heterocycles. The van der Waals surface area contributed by atoms with Crippen LogP contribution in [0, 0.1) is 0 Å². The molecule has 0 aliphatic carbocycles. The first-order valence-corrected chi connectivity index (χ1v) is 9.78. The number of carbonyl (C=O) groups excluding carboxylic acids is 2. The van der Waals surface area contributed by atoms with E-state index in [1.54, 1.807) is 0 Å². The van der Waals surface area contributed by atoms with Crippen LogP contribution in [-0.2, 0) is 19.1 Å². The summed E-state index contributed by atoms with van der Waals surface area (Å²) in [5, 5.41) is 0.00247. The highest BCUT2D eigenvalue weighted by molar-refractivity contribution is 8.15. The highest BCUT2D eigenvalue weighted by Crippen LogP contribution is 2.44. The summed E-state index contributed by atoms with van der Waals surface area (Å²) < 4.78 is 10.5. The number of unbranched alkanes of at least 4 members (excludes halogenated alkanes) is 5. The average Bonchev–Trinajstić information content (AvgIpc) is 2.73. The van der Waals surface area contributed by atoms with E-state index in [2.05, 4.69) is 6.92 Å². The molecule has 4 nitrogen and oxygen atoms in total. The zero-order valence-electron chi connectivity index (χ0n) is 15.8. The van der Waals surface area contributed by atoms with Gasteiger partial charge >= 0.3 is 5.97 Å². The maximum absolute atomic E-state index is 11.8. The van der Waals surface area contributed by atoms with Gasteiger partial charge in [0.2, 0.25) is 5.12 Å². The van der Waals surface area contributed by atoms with Crippen molar-refractivity contribution in [3.63, 3.8) is 0 Å². The van der Waals surface area contributed by atoms with Crippen molar-refractivity contribution in [2.75, 3.05) is 6.61 Å². The van der Waals surface area contributed by atoms with E-state index in [9.17, 15) is 9.59 Å². The molecule has 5 heteroatoms. The molecule has 1 atom stereocenters. The molecule has 0 radical (unpaired) electrons. The van der Waals surface area contributed by atoms with Gasteiger partial charge in [-0.25, -0.2) is 4.79 Å². The third-order valence-corrected chi connectivity index (χ3v) is 5.04. The van der Waals surface area contributed by atoms with Crippen LogP contribution >= 0.6 is 11.8 Å². The lowest BCUT2D eigenvalue weighted by Crippen LogP contribution is -2.28. The zero-order valence-corrected chi connectivity index (χ0v) is 16.6. The molecule has 1 aliphatic rings. The Morgan fingerprint density at radius 3 is 2.42 bits per heavy atom. The largest absolute Gasteiger partial charge is 0.485 e. The van der Waals surface area contributed by atoms with Crippen LogP contribution in [0.5, 0.6) is 0 Å². The van der Waals surface area contributed by atoms with Crippen LogP contribution in [0.15, 0.2) is 11.8 Å². The molecule has 0 aromatic rings. The van der Waals surface area contributed by atoms with E-state index in [1.807, 2.05) is 27.7 Å². The molecule has 0 aromatic carbocycles. The topological polar surface area (TPSA) is 52.6 Å². The van der Waals surface area contributed by atoms with Crippen LogP contribution in [-0.4, -0.2) is 28.0 Å². The summed E-state index contributed by atoms with van der Waals surface area (Å²) in [5.41, 5.74) is -0.531. The lowest BCUT2D eigenvalue weighted by molar-refractivity contribution is -0.159. The molecule has 0 spiro atoms. The van der Waals surface area contributed by atoms with Gasteiger partial charge in [0.25, 0.3) is 0 Å². The molecule has 1 heterocycles. The number of hydrogen-bond donors (Lipinski definition) is 0. The number of rotatable bonds is 10. The summed E-state index contributed by atoms with van der Waals surface area (Å²) >= 11 is 1.30. The van der Waals surface area contributed by atoms with E-state index in [1.165, 1.54) is 49.9 Å². The second-order valence-corrected chi connectivity index (χ2v) is 9.06. The highest BCUT2D eigenvalue weighted by atomic mass is 32.2. The van der Waals surface area contributed by atoms with Crippen molar-refractivity contribution in [3.05, 3.63) is 11.8 Å². The SMILES string of the molecule is CCCCCCCCC1(C)SC(=O)C=C1OCC(=O)OC(C)(C)C. The van der Waals surface area contributed by atoms with E-state index in [0.29, 0.717) is 5.76 Å². The number of thioether (sulfide) groups is 1. The second kappa shape index (κ2) is 9.50. The van der Waals surface area contributed by atoms with Crippen molar-refractivity contribution < 1.29 is 19.1 Å². The number of carbonyl (C=O) groups is 2. The first kappa shape index (κ1) is 21.1.